The van der Waals surface area contributed by atoms with Crippen molar-refractivity contribution >= 4 is 38.4 Å². The van der Waals surface area contributed by atoms with E-state index in [0.717, 1.165) is 34.7 Å². The first-order chi connectivity index (χ1) is 13.1. The van der Waals surface area contributed by atoms with E-state index in [1.807, 2.05) is 42.5 Å². The molecular weight excluding hydrogens is 360 g/mol. The SMILES string of the molecule is CCN1CC(CN(C)C(=O)Nc2nc3ccccc3s2)Oc2ccccc21. The fourth-order valence-corrected chi connectivity index (χ4v) is 4.13. The zero-order valence-corrected chi connectivity index (χ0v) is 16.2. The number of para-hydroxylation sites is 3. The number of hydrogen-bond donors (Lipinski definition) is 1. The van der Waals surface area contributed by atoms with Gasteiger partial charge in [-0.1, -0.05) is 35.6 Å². The Kier molecular flexibility index (Phi) is 4.85. The number of thiazole rings is 1. The average molecular weight is 382 g/mol. The summed E-state index contributed by atoms with van der Waals surface area (Å²) in [5, 5.41) is 3.50. The Bertz CT molecular complexity index is 925. The zero-order valence-electron chi connectivity index (χ0n) is 15.4. The Hall–Kier alpha value is -2.80. The van der Waals surface area contributed by atoms with E-state index >= 15 is 0 Å². The number of aromatic nitrogens is 1. The smallest absolute Gasteiger partial charge is 0.323 e. The quantitative estimate of drug-likeness (QED) is 0.740. The van der Waals surface area contributed by atoms with Gasteiger partial charge in [0.2, 0.25) is 0 Å². The monoisotopic (exact) mass is 382 g/mol. The number of carbonyl (C=O) groups excluding carboxylic acids is 1. The van der Waals surface area contributed by atoms with Crippen LogP contribution in [0, 0.1) is 0 Å². The first-order valence-electron chi connectivity index (χ1n) is 9.02. The summed E-state index contributed by atoms with van der Waals surface area (Å²) in [6.07, 6.45) is -0.0778. The maximum Gasteiger partial charge on any atom is 0.323 e. The lowest BCUT2D eigenvalue weighted by atomic mass is 10.2. The summed E-state index contributed by atoms with van der Waals surface area (Å²) in [5.41, 5.74) is 2.00. The van der Waals surface area contributed by atoms with Gasteiger partial charge in [-0.05, 0) is 31.2 Å². The maximum absolute atomic E-state index is 12.6. The van der Waals surface area contributed by atoms with Crippen LogP contribution in [0.1, 0.15) is 6.92 Å². The molecule has 0 spiro atoms. The van der Waals surface area contributed by atoms with Gasteiger partial charge in [0.25, 0.3) is 0 Å². The van der Waals surface area contributed by atoms with Crippen molar-refractivity contribution in [2.75, 3.05) is 36.9 Å². The molecule has 2 aromatic carbocycles. The molecule has 7 heteroatoms. The topological polar surface area (TPSA) is 57.7 Å². The molecule has 1 aliphatic heterocycles. The first-order valence-corrected chi connectivity index (χ1v) is 9.84. The fraction of sp³-hybridized carbons (Fsp3) is 0.300. The van der Waals surface area contributed by atoms with Crippen LogP contribution < -0.4 is 15.0 Å². The summed E-state index contributed by atoms with van der Waals surface area (Å²) in [6.45, 7) is 4.29. The molecule has 2 amide bonds. The summed E-state index contributed by atoms with van der Waals surface area (Å²) < 4.78 is 7.16. The highest BCUT2D eigenvalue weighted by Gasteiger charge is 2.26. The minimum atomic E-state index is -0.181. The van der Waals surface area contributed by atoms with Crippen LogP contribution in [0.3, 0.4) is 0 Å². The molecule has 0 radical (unpaired) electrons. The van der Waals surface area contributed by atoms with Gasteiger partial charge in [-0.15, -0.1) is 0 Å². The number of nitrogens with one attached hydrogen (secondary N) is 1. The summed E-state index contributed by atoms with van der Waals surface area (Å²) in [7, 11) is 1.78. The molecule has 3 aromatic rings. The predicted molar refractivity (Wildman–Crippen MR) is 110 cm³/mol. The third-order valence-corrected chi connectivity index (χ3v) is 5.59. The standard InChI is InChI=1S/C20H22N4O2S/c1-3-24-13-14(26-17-10-6-5-9-16(17)24)12-23(2)20(25)22-19-21-15-8-4-7-11-18(15)27-19/h4-11,14H,3,12-13H2,1-2H3,(H,21,22,25). The van der Waals surface area contributed by atoms with Crippen LogP contribution in [-0.4, -0.2) is 48.7 Å². The van der Waals surface area contributed by atoms with Crippen LogP contribution in [0.15, 0.2) is 48.5 Å². The van der Waals surface area contributed by atoms with E-state index in [0.29, 0.717) is 11.7 Å². The lowest BCUT2D eigenvalue weighted by Gasteiger charge is -2.37. The van der Waals surface area contributed by atoms with Gasteiger partial charge in [0.05, 0.1) is 29.0 Å². The molecule has 1 aliphatic rings. The highest BCUT2D eigenvalue weighted by atomic mass is 32.1. The average Bonchev–Trinajstić information content (AvgIpc) is 3.09. The molecule has 0 saturated heterocycles. The van der Waals surface area contributed by atoms with Gasteiger partial charge >= 0.3 is 6.03 Å². The molecule has 6 nitrogen and oxygen atoms in total. The lowest BCUT2D eigenvalue weighted by molar-refractivity contribution is 0.150. The van der Waals surface area contributed by atoms with Crippen molar-refractivity contribution in [3.8, 4) is 5.75 Å². The molecule has 0 fully saturated rings. The van der Waals surface area contributed by atoms with Crippen LogP contribution in [0.25, 0.3) is 10.2 Å². The highest BCUT2D eigenvalue weighted by molar-refractivity contribution is 7.22. The molecule has 0 saturated carbocycles. The van der Waals surface area contributed by atoms with Gasteiger partial charge in [-0.3, -0.25) is 5.32 Å². The Morgan fingerprint density at radius 2 is 2.07 bits per heavy atom. The van der Waals surface area contributed by atoms with E-state index in [-0.39, 0.29) is 12.1 Å². The highest BCUT2D eigenvalue weighted by Crippen LogP contribution is 2.33. The Balaban J connectivity index is 1.41. The number of rotatable bonds is 4. The number of nitrogens with zero attached hydrogens (tertiary/aromatic N) is 3. The van der Waals surface area contributed by atoms with E-state index in [4.69, 9.17) is 4.74 Å². The fourth-order valence-electron chi connectivity index (χ4n) is 3.27. The second kappa shape index (κ2) is 7.44. The molecule has 140 valence electrons. The van der Waals surface area contributed by atoms with Crippen molar-refractivity contribution in [3.63, 3.8) is 0 Å². The Morgan fingerprint density at radius 3 is 2.89 bits per heavy atom. The minimum absolute atomic E-state index is 0.0778. The first kappa shape index (κ1) is 17.6. The molecule has 1 N–H and O–H groups in total. The van der Waals surface area contributed by atoms with E-state index < -0.39 is 0 Å². The molecule has 1 aromatic heterocycles. The van der Waals surface area contributed by atoms with Gasteiger partial charge in [0, 0.05) is 13.6 Å². The van der Waals surface area contributed by atoms with Gasteiger partial charge in [0.1, 0.15) is 11.9 Å². The number of fused-ring (bicyclic) bond motifs is 2. The normalized spacial score (nSPS) is 15.9. The summed E-state index contributed by atoms with van der Waals surface area (Å²) in [5.74, 6) is 0.871. The van der Waals surface area contributed by atoms with Crippen LogP contribution in [0.2, 0.25) is 0 Å². The molecule has 1 unspecified atom stereocenters. The molecule has 0 aliphatic carbocycles. The molecular formula is C20H22N4O2S. The van der Waals surface area contributed by atoms with E-state index in [1.54, 1.807) is 11.9 Å². The number of carbonyl (C=O) groups is 1. The third-order valence-electron chi connectivity index (χ3n) is 4.64. The van der Waals surface area contributed by atoms with Gasteiger partial charge in [-0.2, -0.15) is 0 Å². The minimum Gasteiger partial charge on any atom is -0.485 e. The van der Waals surface area contributed by atoms with Crippen LogP contribution >= 0.6 is 11.3 Å². The largest absolute Gasteiger partial charge is 0.485 e. The zero-order chi connectivity index (χ0) is 18.8. The summed E-state index contributed by atoms with van der Waals surface area (Å²) in [4.78, 5) is 21.0. The number of ether oxygens (including phenoxy) is 1. The molecule has 2 heterocycles. The van der Waals surface area contributed by atoms with Crippen molar-refractivity contribution < 1.29 is 9.53 Å². The molecule has 1 atom stereocenters. The number of anilines is 2. The van der Waals surface area contributed by atoms with Crippen molar-refractivity contribution in [3.05, 3.63) is 48.5 Å². The number of likely N-dealkylation sites (N-methyl/N-ethyl adjacent to an activating group) is 2. The molecule has 0 bridgehead atoms. The van der Waals surface area contributed by atoms with Gasteiger partial charge in [0.15, 0.2) is 5.13 Å². The predicted octanol–water partition coefficient (Wildman–Crippen LogP) is 4.05. The third kappa shape index (κ3) is 3.68. The van der Waals surface area contributed by atoms with Gasteiger partial charge < -0.3 is 14.5 Å². The van der Waals surface area contributed by atoms with Gasteiger partial charge in [-0.25, -0.2) is 9.78 Å². The van der Waals surface area contributed by atoms with Crippen molar-refractivity contribution in [1.29, 1.82) is 0 Å². The van der Waals surface area contributed by atoms with Crippen LogP contribution in [-0.2, 0) is 0 Å². The lowest BCUT2D eigenvalue weighted by Crippen LogP contribution is -2.47. The van der Waals surface area contributed by atoms with Crippen molar-refractivity contribution in [2.24, 2.45) is 0 Å². The second-order valence-electron chi connectivity index (χ2n) is 6.54. The summed E-state index contributed by atoms with van der Waals surface area (Å²) >= 11 is 1.47. The Labute approximate surface area is 162 Å². The van der Waals surface area contributed by atoms with E-state index in [2.05, 4.69) is 28.2 Å². The number of hydrogen-bond acceptors (Lipinski definition) is 5. The molecule has 4 rings (SSSR count). The number of amides is 2. The van der Waals surface area contributed by atoms with E-state index in [9.17, 15) is 4.79 Å². The summed E-state index contributed by atoms with van der Waals surface area (Å²) in [6, 6.07) is 15.7. The Morgan fingerprint density at radius 1 is 1.30 bits per heavy atom. The number of urea groups is 1. The maximum atomic E-state index is 12.6. The van der Waals surface area contributed by atoms with Crippen molar-refractivity contribution in [1.82, 2.24) is 9.88 Å². The van der Waals surface area contributed by atoms with E-state index in [1.165, 1.54) is 11.3 Å². The van der Waals surface area contributed by atoms with Crippen LogP contribution in [0.5, 0.6) is 5.75 Å². The molecule has 27 heavy (non-hydrogen) atoms. The van der Waals surface area contributed by atoms with Crippen LogP contribution in [0.4, 0.5) is 15.6 Å². The van der Waals surface area contributed by atoms with Crippen molar-refractivity contribution in [2.45, 2.75) is 13.0 Å². The second-order valence-corrected chi connectivity index (χ2v) is 7.57. The number of benzene rings is 2.